The van der Waals surface area contributed by atoms with Gasteiger partial charge in [0.05, 0.1) is 11.1 Å². The van der Waals surface area contributed by atoms with Crippen LogP contribution in [0.1, 0.15) is 33.6 Å². The van der Waals surface area contributed by atoms with Gasteiger partial charge in [-0.25, -0.2) is 5.10 Å². The van der Waals surface area contributed by atoms with Gasteiger partial charge in [0.15, 0.2) is 0 Å². The minimum absolute atomic E-state index is 0.164. The first kappa shape index (κ1) is 15.3. The van der Waals surface area contributed by atoms with E-state index in [0.717, 1.165) is 4.47 Å². The van der Waals surface area contributed by atoms with Crippen LogP contribution in [0, 0.1) is 0 Å². The highest BCUT2D eigenvalue weighted by molar-refractivity contribution is 9.10. The van der Waals surface area contributed by atoms with Crippen molar-refractivity contribution in [3.63, 3.8) is 0 Å². The van der Waals surface area contributed by atoms with Crippen molar-refractivity contribution in [3.05, 3.63) is 40.1 Å². The third kappa shape index (κ3) is 3.14. The van der Waals surface area contributed by atoms with Gasteiger partial charge in [-0.15, -0.1) is 0 Å². The Bertz CT molecular complexity index is 775. The number of hydrogen-bond acceptors (Lipinski definition) is 5. The number of rotatable bonds is 5. The molecule has 118 valence electrons. The van der Waals surface area contributed by atoms with Crippen LogP contribution < -0.4 is 5.32 Å². The molecular formula is C14H12BrN5O3. The van der Waals surface area contributed by atoms with Crippen molar-refractivity contribution in [2.75, 3.05) is 11.9 Å². The molecule has 23 heavy (non-hydrogen) atoms. The van der Waals surface area contributed by atoms with E-state index < -0.39 is 0 Å². The second-order valence-electron chi connectivity index (χ2n) is 4.94. The van der Waals surface area contributed by atoms with Gasteiger partial charge >= 0.3 is 0 Å². The lowest BCUT2D eigenvalue weighted by molar-refractivity contribution is -0.116. The van der Waals surface area contributed by atoms with E-state index in [-0.39, 0.29) is 36.6 Å². The van der Waals surface area contributed by atoms with Crippen LogP contribution >= 0.6 is 15.9 Å². The van der Waals surface area contributed by atoms with E-state index in [1.165, 1.54) is 11.2 Å². The van der Waals surface area contributed by atoms with Gasteiger partial charge in [-0.2, -0.15) is 10.1 Å². The summed E-state index contributed by atoms with van der Waals surface area (Å²) in [6.07, 6.45) is 1.82. The molecule has 3 rings (SSSR count). The number of imide groups is 1. The zero-order valence-electron chi connectivity index (χ0n) is 11.9. The molecule has 8 nitrogen and oxygen atoms in total. The number of aromatic nitrogens is 3. The quantitative estimate of drug-likeness (QED) is 0.769. The number of halogens is 1. The van der Waals surface area contributed by atoms with Crippen LogP contribution in [0.2, 0.25) is 0 Å². The highest BCUT2D eigenvalue weighted by atomic mass is 79.9. The van der Waals surface area contributed by atoms with Crippen molar-refractivity contribution < 1.29 is 14.4 Å². The molecule has 0 unspecified atom stereocenters. The smallest absolute Gasteiger partial charge is 0.261 e. The van der Waals surface area contributed by atoms with Crippen LogP contribution in [0.5, 0.6) is 0 Å². The Hall–Kier alpha value is -2.55. The number of aromatic amines is 1. The van der Waals surface area contributed by atoms with E-state index in [4.69, 9.17) is 0 Å². The Labute approximate surface area is 139 Å². The highest BCUT2D eigenvalue weighted by Crippen LogP contribution is 2.26. The highest BCUT2D eigenvalue weighted by Gasteiger charge is 2.35. The average Bonchev–Trinajstić information content (AvgIpc) is 3.10. The van der Waals surface area contributed by atoms with Gasteiger partial charge in [-0.1, -0.05) is 15.9 Å². The lowest BCUT2D eigenvalue weighted by Crippen LogP contribution is -2.31. The Balaban J connectivity index is 1.56. The molecule has 0 fully saturated rings. The standard InChI is InChI=1S/C14H12BrN5O3/c15-8-3-4-9-10(6-8)13(23)20(12(9)22)5-1-2-11(21)18-14-16-7-17-19-14/h3-4,6-7H,1-2,5H2,(H2,16,17,18,19,21). The summed E-state index contributed by atoms with van der Waals surface area (Å²) in [6.45, 7) is 0.188. The Kier molecular flexibility index (Phi) is 4.20. The molecule has 0 bridgehead atoms. The fourth-order valence-electron chi connectivity index (χ4n) is 2.32. The maximum Gasteiger partial charge on any atom is 0.261 e. The lowest BCUT2D eigenvalue weighted by atomic mass is 10.1. The molecule has 2 aromatic rings. The molecule has 2 heterocycles. The number of benzene rings is 1. The van der Waals surface area contributed by atoms with Crippen LogP contribution in [0.25, 0.3) is 0 Å². The van der Waals surface area contributed by atoms with E-state index in [1.807, 2.05) is 0 Å². The first-order valence-electron chi connectivity index (χ1n) is 6.87. The zero-order chi connectivity index (χ0) is 16.4. The summed E-state index contributed by atoms with van der Waals surface area (Å²) < 4.78 is 0.741. The monoisotopic (exact) mass is 377 g/mol. The van der Waals surface area contributed by atoms with E-state index in [2.05, 4.69) is 36.4 Å². The number of hydrogen-bond donors (Lipinski definition) is 2. The largest absolute Gasteiger partial charge is 0.295 e. The number of H-pyrrole nitrogens is 1. The number of anilines is 1. The molecule has 1 aromatic carbocycles. The van der Waals surface area contributed by atoms with Crippen LogP contribution in [-0.4, -0.2) is 44.3 Å². The fourth-order valence-corrected chi connectivity index (χ4v) is 2.69. The van der Waals surface area contributed by atoms with Gasteiger partial charge < -0.3 is 0 Å². The van der Waals surface area contributed by atoms with Crippen molar-refractivity contribution in [3.8, 4) is 0 Å². The molecule has 0 radical (unpaired) electrons. The van der Waals surface area contributed by atoms with Crippen LogP contribution in [0.4, 0.5) is 5.95 Å². The Morgan fingerprint density at radius 1 is 1.26 bits per heavy atom. The number of fused-ring (bicyclic) bond motifs is 1. The van der Waals surface area contributed by atoms with Crippen molar-refractivity contribution in [2.45, 2.75) is 12.8 Å². The molecule has 0 spiro atoms. The molecule has 1 aliphatic rings. The van der Waals surface area contributed by atoms with Gasteiger partial charge in [0.2, 0.25) is 11.9 Å². The van der Waals surface area contributed by atoms with Crippen molar-refractivity contribution in [2.24, 2.45) is 0 Å². The first-order chi connectivity index (χ1) is 11.1. The fraction of sp³-hybridized carbons (Fsp3) is 0.214. The molecule has 0 saturated heterocycles. The third-order valence-electron chi connectivity index (χ3n) is 3.39. The predicted octanol–water partition coefficient (Wildman–Crippen LogP) is 1.58. The van der Waals surface area contributed by atoms with E-state index in [0.29, 0.717) is 17.5 Å². The summed E-state index contributed by atoms with van der Waals surface area (Å²) in [7, 11) is 0. The number of nitrogens with zero attached hydrogens (tertiary/aromatic N) is 3. The summed E-state index contributed by atoms with van der Waals surface area (Å²) in [5.41, 5.74) is 0.778. The van der Waals surface area contributed by atoms with E-state index in [9.17, 15) is 14.4 Å². The van der Waals surface area contributed by atoms with Gasteiger partial charge in [0.25, 0.3) is 11.8 Å². The molecular weight excluding hydrogens is 366 g/mol. The summed E-state index contributed by atoms with van der Waals surface area (Å²) in [5, 5.41) is 8.66. The van der Waals surface area contributed by atoms with Gasteiger partial charge in [0, 0.05) is 17.4 Å². The van der Waals surface area contributed by atoms with Crippen LogP contribution in [0.15, 0.2) is 29.0 Å². The second-order valence-corrected chi connectivity index (χ2v) is 5.85. The van der Waals surface area contributed by atoms with Crippen LogP contribution in [0.3, 0.4) is 0 Å². The molecule has 3 amide bonds. The number of nitrogens with one attached hydrogen (secondary N) is 2. The SMILES string of the molecule is O=C(CCCN1C(=O)c2ccc(Br)cc2C1=O)Nc1ncn[nH]1. The summed E-state index contributed by atoms with van der Waals surface area (Å²) in [6, 6.07) is 4.97. The normalized spacial score (nSPS) is 13.3. The molecule has 2 N–H and O–H groups in total. The Morgan fingerprint density at radius 2 is 2.04 bits per heavy atom. The average molecular weight is 378 g/mol. The Morgan fingerprint density at radius 3 is 2.78 bits per heavy atom. The second kappa shape index (κ2) is 6.29. The number of amides is 3. The van der Waals surface area contributed by atoms with Gasteiger partial charge in [-0.3, -0.25) is 24.6 Å². The molecule has 0 aliphatic carbocycles. The van der Waals surface area contributed by atoms with E-state index >= 15 is 0 Å². The van der Waals surface area contributed by atoms with E-state index in [1.54, 1.807) is 18.2 Å². The minimum Gasteiger partial charge on any atom is -0.295 e. The van der Waals surface area contributed by atoms with Gasteiger partial charge in [-0.05, 0) is 24.6 Å². The molecule has 0 atom stereocenters. The zero-order valence-corrected chi connectivity index (χ0v) is 13.5. The van der Waals surface area contributed by atoms with Crippen molar-refractivity contribution >= 4 is 39.6 Å². The van der Waals surface area contributed by atoms with Gasteiger partial charge in [0.1, 0.15) is 6.33 Å². The minimum atomic E-state index is -0.332. The van der Waals surface area contributed by atoms with Crippen LogP contribution in [-0.2, 0) is 4.79 Å². The van der Waals surface area contributed by atoms with Crippen molar-refractivity contribution in [1.29, 1.82) is 0 Å². The summed E-state index contributed by atoms with van der Waals surface area (Å²) in [5.74, 6) is -0.656. The number of carbonyl (C=O) groups is 3. The summed E-state index contributed by atoms with van der Waals surface area (Å²) in [4.78, 5) is 41.1. The maximum absolute atomic E-state index is 12.3. The first-order valence-corrected chi connectivity index (χ1v) is 7.66. The van der Waals surface area contributed by atoms with Crippen molar-refractivity contribution in [1.82, 2.24) is 20.1 Å². The summed E-state index contributed by atoms with van der Waals surface area (Å²) >= 11 is 3.28. The predicted molar refractivity (Wildman–Crippen MR) is 83.8 cm³/mol. The third-order valence-corrected chi connectivity index (χ3v) is 3.88. The maximum atomic E-state index is 12.3. The number of carbonyl (C=O) groups excluding carboxylic acids is 3. The molecule has 0 saturated carbocycles. The molecule has 9 heteroatoms. The lowest BCUT2D eigenvalue weighted by Gasteiger charge is -2.13. The molecule has 1 aliphatic heterocycles. The molecule has 1 aromatic heterocycles. The topological polar surface area (TPSA) is 108 Å².